The second-order valence-electron chi connectivity index (χ2n) is 6.51. The summed E-state index contributed by atoms with van der Waals surface area (Å²) in [5, 5.41) is 5.73. The number of piperazine rings is 1. The maximum atomic E-state index is 12.7. The molecule has 27 heavy (non-hydrogen) atoms. The lowest BCUT2D eigenvalue weighted by Gasteiger charge is -2.34. The highest BCUT2D eigenvalue weighted by molar-refractivity contribution is 5.83. The van der Waals surface area contributed by atoms with Crippen LogP contribution in [0.2, 0.25) is 0 Å². The topological polar surface area (TPSA) is 84.2 Å². The third-order valence-corrected chi connectivity index (χ3v) is 4.80. The summed E-state index contributed by atoms with van der Waals surface area (Å²) >= 11 is 0. The third kappa shape index (κ3) is 3.38. The number of hydrogen-bond donors (Lipinski definition) is 0. The molecule has 0 saturated carbocycles. The summed E-state index contributed by atoms with van der Waals surface area (Å²) in [5.74, 6) is 0.570. The van der Waals surface area contributed by atoms with E-state index in [4.69, 9.17) is 0 Å². The Hall–Kier alpha value is -3.29. The molecule has 1 amide bonds. The lowest BCUT2D eigenvalue weighted by atomic mass is 10.1. The molecule has 0 spiro atoms. The van der Waals surface area contributed by atoms with E-state index in [0.29, 0.717) is 37.5 Å². The molecule has 3 aromatic rings. The van der Waals surface area contributed by atoms with Crippen molar-refractivity contribution in [3.63, 3.8) is 0 Å². The molecule has 0 radical (unpaired) electrons. The van der Waals surface area contributed by atoms with Gasteiger partial charge in [0, 0.05) is 44.0 Å². The molecule has 0 atom stereocenters. The van der Waals surface area contributed by atoms with E-state index in [2.05, 4.69) is 15.1 Å². The van der Waals surface area contributed by atoms with Crippen LogP contribution in [0.15, 0.2) is 47.5 Å². The van der Waals surface area contributed by atoms with Crippen molar-refractivity contribution in [2.45, 2.75) is 13.5 Å². The average molecular weight is 364 g/mol. The number of nitrogens with zero attached hydrogens (tertiary/aromatic N) is 6. The first-order valence-electron chi connectivity index (χ1n) is 8.89. The SMILES string of the molecule is Cc1nn(CC(=O)N2CCN(c3ncccn3)CC2)c(=O)c2ccccc12. The maximum Gasteiger partial charge on any atom is 0.275 e. The molecule has 1 saturated heterocycles. The minimum Gasteiger partial charge on any atom is -0.338 e. The van der Waals surface area contributed by atoms with Gasteiger partial charge in [0.2, 0.25) is 11.9 Å². The van der Waals surface area contributed by atoms with E-state index in [1.54, 1.807) is 29.4 Å². The molecule has 3 heterocycles. The van der Waals surface area contributed by atoms with Crippen LogP contribution in [0, 0.1) is 6.92 Å². The molecule has 2 aromatic heterocycles. The molecule has 1 aromatic carbocycles. The van der Waals surface area contributed by atoms with Gasteiger partial charge in [0.25, 0.3) is 5.56 Å². The van der Waals surface area contributed by atoms with Crippen molar-refractivity contribution in [1.82, 2.24) is 24.6 Å². The van der Waals surface area contributed by atoms with Crippen molar-refractivity contribution in [1.29, 1.82) is 0 Å². The minimum atomic E-state index is -0.235. The zero-order chi connectivity index (χ0) is 18.8. The van der Waals surface area contributed by atoms with Crippen molar-refractivity contribution in [3.8, 4) is 0 Å². The molecule has 0 aliphatic carbocycles. The monoisotopic (exact) mass is 364 g/mol. The van der Waals surface area contributed by atoms with E-state index in [0.717, 1.165) is 11.1 Å². The van der Waals surface area contributed by atoms with Gasteiger partial charge in [-0.25, -0.2) is 14.6 Å². The number of carbonyl (C=O) groups is 1. The predicted octanol–water partition coefficient (Wildman–Crippen LogP) is 0.844. The summed E-state index contributed by atoms with van der Waals surface area (Å²) in [4.78, 5) is 37.6. The average Bonchev–Trinajstić information content (AvgIpc) is 2.72. The summed E-state index contributed by atoms with van der Waals surface area (Å²) in [6.07, 6.45) is 3.42. The van der Waals surface area contributed by atoms with Gasteiger partial charge in [-0.05, 0) is 19.1 Å². The van der Waals surface area contributed by atoms with E-state index in [-0.39, 0.29) is 18.0 Å². The highest BCUT2D eigenvalue weighted by Gasteiger charge is 2.23. The molecule has 0 unspecified atom stereocenters. The summed E-state index contributed by atoms with van der Waals surface area (Å²) in [7, 11) is 0. The lowest BCUT2D eigenvalue weighted by molar-refractivity contribution is -0.132. The zero-order valence-corrected chi connectivity index (χ0v) is 15.1. The fourth-order valence-electron chi connectivity index (χ4n) is 3.35. The van der Waals surface area contributed by atoms with Gasteiger partial charge in [0.1, 0.15) is 6.54 Å². The van der Waals surface area contributed by atoms with Gasteiger partial charge in [-0.3, -0.25) is 9.59 Å². The molecule has 4 rings (SSSR count). The maximum absolute atomic E-state index is 12.7. The Balaban J connectivity index is 1.47. The number of amides is 1. The van der Waals surface area contributed by atoms with Gasteiger partial charge >= 0.3 is 0 Å². The number of rotatable bonds is 3. The van der Waals surface area contributed by atoms with Crippen LogP contribution < -0.4 is 10.5 Å². The number of benzene rings is 1. The number of aryl methyl sites for hydroxylation is 1. The molecule has 8 heteroatoms. The summed E-state index contributed by atoms with van der Waals surface area (Å²) in [5.41, 5.74) is 0.505. The predicted molar refractivity (Wildman–Crippen MR) is 102 cm³/mol. The van der Waals surface area contributed by atoms with Crippen LogP contribution in [0.5, 0.6) is 0 Å². The fraction of sp³-hybridized carbons (Fsp3) is 0.316. The van der Waals surface area contributed by atoms with Crippen molar-refractivity contribution in [2.75, 3.05) is 31.1 Å². The van der Waals surface area contributed by atoms with Gasteiger partial charge in [0.05, 0.1) is 11.1 Å². The molecule has 1 aliphatic heterocycles. The van der Waals surface area contributed by atoms with Crippen LogP contribution in [0.1, 0.15) is 5.69 Å². The van der Waals surface area contributed by atoms with Gasteiger partial charge in [-0.1, -0.05) is 18.2 Å². The zero-order valence-electron chi connectivity index (χ0n) is 15.1. The quantitative estimate of drug-likeness (QED) is 0.685. The molecule has 8 nitrogen and oxygen atoms in total. The normalized spacial score (nSPS) is 14.6. The first kappa shape index (κ1) is 17.1. The second kappa shape index (κ2) is 7.14. The van der Waals surface area contributed by atoms with Gasteiger partial charge in [-0.15, -0.1) is 0 Å². The Kier molecular flexibility index (Phi) is 4.53. The van der Waals surface area contributed by atoms with Gasteiger partial charge < -0.3 is 9.80 Å². The number of fused-ring (bicyclic) bond motifs is 1. The number of hydrogen-bond acceptors (Lipinski definition) is 6. The lowest BCUT2D eigenvalue weighted by Crippen LogP contribution is -2.50. The van der Waals surface area contributed by atoms with E-state index in [9.17, 15) is 9.59 Å². The molecule has 0 bridgehead atoms. The van der Waals surface area contributed by atoms with E-state index in [1.165, 1.54) is 4.68 Å². The van der Waals surface area contributed by atoms with Gasteiger partial charge in [-0.2, -0.15) is 5.10 Å². The Morgan fingerprint density at radius 1 is 1.00 bits per heavy atom. The Labute approximate surface area is 156 Å². The number of carbonyl (C=O) groups excluding carboxylic acids is 1. The summed E-state index contributed by atoms with van der Waals surface area (Å²) in [6, 6.07) is 9.11. The number of anilines is 1. The molecule has 138 valence electrons. The van der Waals surface area contributed by atoms with Crippen LogP contribution in [0.3, 0.4) is 0 Å². The van der Waals surface area contributed by atoms with Crippen molar-refractivity contribution in [3.05, 3.63) is 58.8 Å². The first-order chi connectivity index (χ1) is 13.1. The Bertz CT molecular complexity index is 1030. The molecule has 1 aliphatic rings. The van der Waals surface area contributed by atoms with Crippen molar-refractivity contribution < 1.29 is 4.79 Å². The molecule has 0 N–H and O–H groups in total. The van der Waals surface area contributed by atoms with E-state index >= 15 is 0 Å². The van der Waals surface area contributed by atoms with Crippen LogP contribution in [-0.2, 0) is 11.3 Å². The second-order valence-corrected chi connectivity index (χ2v) is 6.51. The fourth-order valence-corrected chi connectivity index (χ4v) is 3.35. The van der Waals surface area contributed by atoms with E-state index in [1.807, 2.05) is 30.0 Å². The standard InChI is InChI=1S/C19H20N6O2/c1-14-15-5-2-3-6-16(15)18(27)25(22-14)13-17(26)23-9-11-24(12-10-23)19-20-7-4-8-21-19/h2-8H,9-13H2,1H3. The molecule has 1 fully saturated rings. The highest BCUT2D eigenvalue weighted by Crippen LogP contribution is 2.13. The van der Waals surface area contributed by atoms with Crippen molar-refractivity contribution >= 4 is 22.6 Å². The van der Waals surface area contributed by atoms with Crippen LogP contribution >= 0.6 is 0 Å². The molecular formula is C19H20N6O2. The first-order valence-corrected chi connectivity index (χ1v) is 8.89. The van der Waals surface area contributed by atoms with Crippen LogP contribution in [0.4, 0.5) is 5.95 Å². The van der Waals surface area contributed by atoms with Crippen molar-refractivity contribution in [2.24, 2.45) is 0 Å². The number of aromatic nitrogens is 4. The largest absolute Gasteiger partial charge is 0.338 e. The van der Waals surface area contributed by atoms with Crippen LogP contribution in [0.25, 0.3) is 10.8 Å². The highest BCUT2D eigenvalue weighted by atomic mass is 16.2. The summed E-state index contributed by atoms with van der Waals surface area (Å²) < 4.78 is 1.27. The van der Waals surface area contributed by atoms with Gasteiger partial charge in [0.15, 0.2) is 0 Å². The minimum absolute atomic E-state index is 0.0493. The van der Waals surface area contributed by atoms with E-state index < -0.39 is 0 Å². The smallest absolute Gasteiger partial charge is 0.275 e. The van der Waals surface area contributed by atoms with Crippen LogP contribution in [-0.4, -0.2) is 56.7 Å². The third-order valence-electron chi connectivity index (χ3n) is 4.80. The molecular weight excluding hydrogens is 344 g/mol. The Morgan fingerprint density at radius 3 is 2.37 bits per heavy atom. The Morgan fingerprint density at radius 2 is 1.67 bits per heavy atom. The summed E-state index contributed by atoms with van der Waals surface area (Å²) in [6.45, 7) is 4.26.